The summed E-state index contributed by atoms with van der Waals surface area (Å²) in [5.41, 5.74) is 5.02. The van der Waals surface area contributed by atoms with Gasteiger partial charge in [-0.05, 0) is 37.1 Å². The number of carbonyl (C=O) groups excluding carboxylic acids is 2. The van der Waals surface area contributed by atoms with Gasteiger partial charge in [-0.25, -0.2) is 0 Å². The molecule has 1 aromatic heterocycles. The van der Waals surface area contributed by atoms with E-state index in [1.54, 1.807) is 0 Å². The molecular formula is C24H28N4O2. The third-order valence-corrected chi connectivity index (χ3v) is 4.98. The largest absolute Gasteiger partial charge is 0.348 e. The normalized spacial score (nSPS) is 10.8. The summed E-state index contributed by atoms with van der Waals surface area (Å²) in [7, 11) is 0. The van der Waals surface area contributed by atoms with Gasteiger partial charge in [0.1, 0.15) is 0 Å². The Bertz CT molecular complexity index is 1020. The maximum absolute atomic E-state index is 12.8. The number of carbonyl (C=O) groups is 2. The maximum atomic E-state index is 12.8. The number of aryl methyl sites for hydroxylation is 1. The Morgan fingerprint density at radius 3 is 2.27 bits per heavy atom. The van der Waals surface area contributed by atoms with E-state index in [2.05, 4.69) is 15.7 Å². The van der Waals surface area contributed by atoms with E-state index >= 15 is 0 Å². The third-order valence-electron chi connectivity index (χ3n) is 4.98. The van der Waals surface area contributed by atoms with Crippen molar-refractivity contribution in [2.75, 3.05) is 5.32 Å². The van der Waals surface area contributed by atoms with E-state index in [0.29, 0.717) is 24.3 Å². The fraction of sp³-hybridized carbons (Fsp3) is 0.292. The third kappa shape index (κ3) is 5.14. The Morgan fingerprint density at radius 1 is 0.967 bits per heavy atom. The molecule has 0 aliphatic heterocycles. The average molecular weight is 405 g/mol. The van der Waals surface area contributed by atoms with E-state index in [1.165, 1.54) is 0 Å². The van der Waals surface area contributed by atoms with Gasteiger partial charge in [0, 0.05) is 23.8 Å². The second-order valence-electron chi connectivity index (χ2n) is 7.71. The SMILES string of the molecule is Cc1nn(Cc2ccccc2)c(C)c1C(=O)NCc1ccc(NC(=O)C(C)C)cc1. The highest BCUT2D eigenvalue weighted by Gasteiger charge is 2.18. The van der Waals surface area contributed by atoms with Crippen molar-refractivity contribution >= 4 is 17.5 Å². The predicted octanol–water partition coefficient (Wildman–Crippen LogP) is 4.07. The van der Waals surface area contributed by atoms with Crippen LogP contribution in [0.2, 0.25) is 0 Å². The maximum Gasteiger partial charge on any atom is 0.255 e. The zero-order chi connectivity index (χ0) is 21.7. The summed E-state index contributed by atoms with van der Waals surface area (Å²) in [6.45, 7) is 8.51. The summed E-state index contributed by atoms with van der Waals surface area (Å²) < 4.78 is 1.87. The van der Waals surface area contributed by atoms with E-state index < -0.39 is 0 Å². The molecule has 2 aromatic carbocycles. The van der Waals surface area contributed by atoms with Crippen LogP contribution in [0.3, 0.4) is 0 Å². The highest BCUT2D eigenvalue weighted by molar-refractivity contribution is 5.96. The molecule has 0 spiro atoms. The topological polar surface area (TPSA) is 76.0 Å². The molecule has 3 rings (SSSR count). The number of amides is 2. The van der Waals surface area contributed by atoms with E-state index in [4.69, 9.17) is 0 Å². The van der Waals surface area contributed by atoms with Gasteiger partial charge in [0.05, 0.1) is 17.8 Å². The number of hydrogen-bond acceptors (Lipinski definition) is 3. The number of rotatable bonds is 7. The monoisotopic (exact) mass is 404 g/mol. The van der Waals surface area contributed by atoms with Crippen LogP contribution >= 0.6 is 0 Å². The average Bonchev–Trinajstić information content (AvgIpc) is 3.01. The van der Waals surface area contributed by atoms with Crippen molar-refractivity contribution in [3.8, 4) is 0 Å². The zero-order valence-corrected chi connectivity index (χ0v) is 17.9. The van der Waals surface area contributed by atoms with Crippen LogP contribution in [0.4, 0.5) is 5.69 Å². The van der Waals surface area contributed by atoms with Crippen LogP contribution in [-0.2, 0) is 17.9 Å². The van der Waals surface area contributed by atoms with Crippen LogP contribution < -0.4 is 10.6 Å². The van der Waals surface area contributed by atoms with Crippen LogP contribution in [0.5, 0.6) is 0 Å². The minimum atomic E-state index is -0.138. The molecular weight excluding hydrogens is 376 g/mol. The number of anilines is 1. The molecule has 0 radical (unpaired) electrons. The summed E-state index contributed by atoms with van der Waals surface area (Å²) in [5.74, 6) is -0.228. The quantitative estimate of drug-likeness (QED) is 0.623. The van der Waals surface area contributed by atoms with Gasteiger partial charge < -0.3 is 10.6 Å². The minimum Gasteiger partial charge on any atom is -0.348 e. The van der Waals surface area contributed by atoms with Crippen molar-refractivity contribution < 1.29 is 9.59 Å². The smallest absolute Gasteiger partial charge is 0.255 e. The molecule has 0 saturated carbocycles. The first kappa shape index (κ1) is 21.3. The van der Waals surface area contributed by atoms with Crippen molar-refractivity contribution in [1.82, 2.24) is 15.1 Å². The molecule has 0 bridgehead atoms. The first-order chi connectivity index (χ1) is 14.3. The standard InChI is InChI=1S/C24H28N4O2/c1-16(2)23(29)26-21-12-10-19(11-13-21)14-25-24(30)22-17(3)27-28(18(22)4)15-20-8-6-5-7-9-20/h5-13,16H,14-15H2,1-4H3,(H,25,30)(H,26,29). The number of nitrogens with zero attached hydrogens (tertiary/aromatic N) is 2. The van der Waals surface area contributed by atoms with Gasteiger partial charge in [-0.2, -0.15) is 5.10 Å². The molecule has 6 heteroatoms. The van der Waals surface area contributed by atoms with E-state index in [-0.39, 0.29) is 17.7 Å². The molecule has 0 saturated heterocycles. The second kappa shape index (κ2) is 9.39. The Balaban J connectivity index is 1.63. The summed E-state index contributed by atoms with van der Waals surface area (Å²) in [5, 5.41) is 10.4. The molecule has 0 atom stereocenters. The lowest BCUT2D eigenvalue weighted by molar-refractivity contribution is -0.118. The minimum absolute atomic E-state index is 0.0190. The summed E-state index contributed by atoms with van der Waals surface area (Å²) in [4.78, 5) is 24.6. The van der Waals surface area contributed by atoms with Crippen molar-refractivity contribution in [3.63, 3.8) is 0 Å². The number of benzene rings is 2. The van der Waals surface area contributed by atoms with Gasteiger partial charge in [0.15, 0.2) is 0 Å². The summed E-state index contributed by atoms with van der Waals surface area (Å²) in [6, 6.07) is 17.5. The molecule has 6 nitrogen and oxygen atoms in total. The van der Waals surface area contributed by atoms with Crippen molar-refractivity contribution in [3.05, 3.63) is 82.7 Å². The fourth-order valence-corrected chi connectivity index (χ4v) is 3.20. The van der Waals surface area contributed by atoms with E-state index in [1.807, 2.05) is 87.0 Å². The van der Waals surface area contributed by atoms with Gasteiger partial charge in [0.2, 0.25) is 5.91 Å². The highest BCUT2D eigenvalue weighted by atomic mass is 16.2. The van der Waals surface area contributed by atoms with Crippen molar-refractivity contribution in [2.45, 2.75) is 40.8 Å². The van der Waals surface area contributed by atoms with Gasteiger partial charge in [-0.1, -0.05) is 56.3 Å². The molecule has 3 aromatic rings. The Labute approximate surface area is 177 Å². The van der Waals surface area contributed by atoms with E-state index in [0.717, 1.165) is 22.5 Å². The highest BCUT2D eigenvalue weighted by Crippen LogP contribution is 2.16. The second-order valence-corrected chi connectivity index (χ2v) is 7.71. The molecule has 0 unspecified atom stereocenters. The molecule has 30 heavy (non-hydrogen) atoms. The van der Waals surface area contributed by atoms with Crippen LogP contribution in [-0.4, -0.2) is 21.6 Å². The number of hydrogen-bond donors (Lipinski definition) is 2. The molecule has 156 valence electrons. The predicted molar refractivity (Wildman–Crippen MR) is 118 cm³/mol. The fourth-order valence-electron chi connectivity index (χ4n) is 3.20. The van der Waals surface area contributed by atoms with Crippen LogP contribution in [0.25, 0.3) is 0 Å². The Hall–Kier alpha value is -3.41. The van der Waals surface area contributed by atoms with Gasteiger partial charge in [-0.15, -0.1) is 0 Å². The van der Waals surface area contributed by atoms with Gasteiger partial charge in [0.25, 0.3) is 5.91 Å². The lowest BCUT2D eigenvalue weighted by Gasteiger charge is -2.10. The number of aromatic nitrogens is 2. The molecule has 1 heterocycles. The van der Waals surface area contributed by atoms with E-state index in [9.17, 15) is 9.59 Å². The summed E-state index contributed by atoms with van der Waals surface area (Å²) in [6.07, 6.45) is 0. The van der Waals surface area contributed by atoms with Crippen molar-refractivity contribution in [1.29, 1.82) is 0 Å². The van der Waals surface area contributed by atoms with Crippen LogP contribution in [0, 0.1) is 19.8 Å². The Kier molecular flexibility index (Phi) is 6.67. The first-order valence-corrected chi connectivity index (χ1v) is 10.1. The zero-order valence-electron chi connectivity index (χ0n) is 17.9. The lowest BCUT2D eigenvalue weighted by Crippen LogP contribution is -2.24. The Morgan fingerprint density at radius 2 is 1.63 bits per heavy atom. The molecule has 0 aliphatic carbocycles. The lowest BCUT2D eigenvalue weighted by atomic mass is 10.1. The molecule has 2 N–H and O–H groups in total. The van der Waals surface area contributed by atoms with Crippen LogP contribution in [0.1, 0.15) is 46.7 Å². The molecule has 0 fully saturated rings. The van der Waals surface area contributed by atoms with Gasteiger partial charge >= 0.3 is 0 Å². The number of nitrogens with one attached hydrogen (secondary N) is 2. The molecule has 0 aliphatic rings. The molecule has 2 amide bonds. The summed E-state index contributed by atoms with van der Waals surface area (Å²) >= 11 is 0. The van der Waals surface area contributed by atoms with Gasteiger partial charge in [-0.3, -0.25) is 14.3 Å². The first-order valence-electron chi connectivity index (χ1n) is 10.1. The van der Waals surface area contributed by atoms with Crippen molar-refractivity contribution in [2.24, 2.45) is 5.92 Å². The van der Waals surface area contributed by atoms with Crippen LogP contribution in [0.15, 0.2) is 54.6 Å².